The van der Waals surface area contributed by atoms with E-state index in [1.165, 1.54) is 0 Å². The number of halogens is 1. The van der Waals surface area contributed by atoms with Crippen molar-refractivity contribution >= 4 is 11.6 Å². The van der Waals surface area contributed by atoms with Crippen LogP contribution in [0.1, 0.15) is 19.7 Å². The molecule has 0 radical (unpaired) electrons. The summed E-state index contributed by atoms with van der Waals surface area (Å²) >= 11 is 5.57. The summed E-state index contributed by atoms with van der Waals surface area (Å²) in [6.07, 6.45) is 0. The molecule has 4 nitrogen and oxygen atoms in total. The second-order valence-electron chi connectivity index (χ2n) is 3.05. The van der Waals surface area contributed by atoms with Gasteiger partial charge >= 0.3 is 0 Å². The molecule has 5 heteroatoms. The van der Waals surface area contributed by atoms with Gasteiger partial charge in [-0.3, -0.25) is 0 Å². The molecule has 0 fully saturated rings. The summed E-state index contributed by atoms with van der Waals surface area (Å²) in [6, 6.07) is 0. The van der Waals surface area contributed by atoms with Crippen LogP contribution in [0.15, 0.2) is 0 Å². The van der Waals surface area contributed by atoms with Crippen LogP contribution in [0, 0.1) is 0 Å². The van der Waals surface area contributed by atoms with Gasteiger partial charge in [0.15, 0.2) is 0 Å². The quantitative estimate of drug-likeness (QED) is 0.681. The Labute approximate surface area is 70.4 Å². The summed E-state index contributed by atoms with van der Waals surface area (Å²) < 4.78 is 1.59. The first-order chi connectivity index (χ1) is 4.91. The number of hydrogen-bond donors (Lipinski definition) is 1. The van der Waals surface area contributed by atoms with Gasteiger partial charge in [-0.15, -0.1) is 5.10 Å². The van der Waals surface area contributed by atoms with Crippen molar-refractivity contribution in [2.45, 2.75) is 19.4 Å². The molecule has 2 N–H and O–H groups in total. The van der Waals surface area contributed by atoms with E-state index in [1.807, 2.05) is 13.8 Å². The van der Waals surface area contributed by atoms with Gasteiger partial charge in [0.1, 0.15) is 5.82 Å². The van der Waals surface area contributed by atoms with Crippen LogP contribution in [0.25, 0.3) is 0 Å². The number of nitrogens with zero attached hydrogens (tertiary/aromatic N) is 3. The fourth-order valence-electron chi connectivity index (χ4n) is 0.914. The molecule has 0 aromatic carbocycles. The van der Waals surface area contributed by atoms with Gasteiger partial charge in [0, 0.05) is 7.05 Å². The number of hydrogen-bond acceptors (Lipinski definition) is 3. The summed E-state index contributed by atoms with van der Waals surface area (Å²) in [5, 5.41) is 4.11. The lowest BCUT2D eigenvalue weighted by Crippen LogP contribution is -2.32. The maximum absolute atomic E-state index is 5.79. The van der Waals surface area contributed by atoms with E-state index in [0.717, 1.165) is 0 Å². The molecule has 0 bridgehead atoms. The Balaban J connectivity index is 3.13. The van der Waals surface area contributed by atoms with E-state index in [-0.39, 0.29) is 5.28 Å². The SMILES string of the molecule is Cn1nc(Cl)nc1C(C)(C)N. The first kappa shape index (κ1) is 8.49. The van der Waals surface area contributed by atoms with Crippen LogP contribution in [-0.4, -0.2) is 14.8 Å². The van der Waals surface area contributed by atoms with Crippen LogP contribution in [0.4, 0.5) is 0 Å². The zero-order valence-corrected chi connectivity index (χ0v) is 7.55. The fourth-order valence-corrected chi connectivity index (χ4v) is 1.11. The van der Waals surface area contributed by atoms with Gasteiger partial charge in [-0.05, 0) is 25.4 Å². The van der Waals surface area contributed by atoms with Crippen molar-refractivity contribution in [1.29, 1.82) is 0 Å². The molecule has 11 heavy (non-hydrogen) atoms. The summed E-state index contributed by atoms with van der Waals surface area (Å²) in [5.74, 6) is 0.683. The molecular formula is C6H11ClN4. The van der Waals surface area contributed by atoms with E-state index >= 15 is 0 Å². The molecule has 0 saturated heterocycles. The average Bonchev–Trinajstić information content (AvgIpc) is 2.08. The van der Waals surface area contributed by atoms with E-state index in [2.05, 4.69) is 10.1 Å². The Hall–Kier alpha value is -0.610. The highest BCUT2D eigenvalue weighted by atomic mass is 35.5. The maximum Gasteiger partial charge on any atom is 0.242 e. The normalized spacial score (nSPS) is 12.1. The van der Waals surface area contributed by atoms with E-state index in [1.54, 1.807) is 11.7 Å². The third kappa shape index (κ3) is 1.70. The molecule has 0 amide bonds. The topological polar surface area (TPSA) is 56.7 Å². The summed E-state index contributed by atoms with van der Waals surface area (Å²) in [4.78, 5) is 3.97. The van der Waals surface area contributed by atoms with Crippen molar-refractivity contribution in [2.75, 3.05) is 0 Å². The van der Waals surface area contributed by atoms with E-state index in [0.29, 0.717) is 5.82 Å². The minimum atomic E-state index is -0.491. The molecule has 0 unspecified atom stereocenters. The van der Waals surface area contributed by atoms with E-state index in [9.17, 15) is 0 Å². The second-order valence-corrected chi connectivity index (χ2v) is 3.39. The zero-order chi connectivity index (χ0) is 8.65. The summed E-state index contributed by atoms with van der Waals surface area (Å²) in [6.45, 7) is 3.71. The predicted molar refractivity (Wildman–Crippen MR) is 43.2 cm³/mol. The smallest absolute Gasteiger partial charge is 0.242 e. The molecule has 1 rings (SSSR count). The molecule has 0 aliphatic heterocycles. The van der Waals surface area contributed by atoms with Crippen LogP contribution in [0.3, 0.4) is 0 Å². The van der Waals surface area contributed by atoms with Gasteiger partial charge in [-0.25, -0.2) is 4.68 Å². The Bertz CT molecular complexity index is 260. The van der Waals surface area contributed by atoms with Crippen LogP contribution >= 0.6 is 11.6 Å². The maximum atomic E-state index is 5.79. The van der Waals surface area contributed by atoms with Gasteiger partial charge in [-0.1, -0.05) is 0 Å². The number of aromatic nitrogens is 3. The summed E-state index contributed by atoms with van der Waals surface area (Å²) in [7, 11) is 1.77. The monoisotopic (exact) mass is 174 g/mol. The van der Waals surface area contributed by atoms with Crippen molar-refractivity contribution < 1.29 is 0 Å². The summed E-state index contributed by atoms with van der Waals surface area (Å²) in [5.41, 5.74) is 5.30. The highest BCUT2D eigenvalue weighted by molar-refractivity contribution is 6.28. The van der Waals surface area contributed by atoms with Crippen LogP contribution in [-0.2, 0) is 12.6 Å². The van der Waals surface area contributed by atoms with E-state index in [4.69, 9.17) is 17.3 Å². The molecule has 1 aromatic rings. The fraction of sp³-hybridized carbons (Fsp3) is 0.667. The van der Waals surface area contributed by atoms with Gasteiger partial charge in [0.25, 0.3) is 0 Å². The van der Waals surface area contributed by atoms with Crippen molar-refractivity contribution in [3.05, 3.63) is 11.1 Å². The lowest BCUT2D eigenvalue weighted by atomic mass is 10.1. The molecule has 0 atom stereocenters. The molecule has 0 aliphatic carbocycles. The van der Waals surface area contributed by atoms with Crippen LogP contribution in [0.2, 0.25) is 5.28 Å². The third-order valence-corrected chi connectivity index (χ3v) is 1.47. The average molecular weight is 175 g/mol. The highest BCUT2D eigenvalue weighted by Crippen LogP contribution is 2.14. The molecular weight excluding hydrogens is 164 g/mol. The predicted octanol–water partition coefficient (Wildman–Crippen LogP) is 0.662. The third-order valence-electron chi connectivity index (χ3n) is 1.31. The Morgan fingerprint density at radius 1 is 1.55 bits per heavy atom. The molecule has 0 saturated carbocycles. The van der Waals surface area contributed by atoms with Crippen molar-refractivity contribution in [2.24, 2.45) is 12.8 Å². The van der Waals surface area contributed by atoms with Gasteiger partial charge in [0.05, 0.1) is 5.54 Å². The number of rotatable bonds is 1. The Morgan fingerprint density at radius 2 is 2.09 bits per heavy atom. The van der Waals surface area contributed by atoms with Gasteiger partial charge in [-0.2, -0.15) is 4.98 Å². The van der Waals surface area contributed by atoms with E-state index < -0.39 is 5.54 Å². The first-order valence-electron chi connectivity index (χ1n) is 3.27. The van der Waals surface area contributed by atoms with Gasteiger partial charge in [0.2, 0.25) is 5.28 Å². The lowest BCUT2D eigenvalue weighted by Gasteiger charge is -2.15. The van der Waals surface area contributed by atoms with Crippen molar-refractivity contribution in [1.82, 2.24) is 14.8 Å². The Morgan fingerprint density at radius 3 is 2.27 bits per heavy atom. The standard InChI is InChI=1S/C6H11ClN4/c1-6(2,8)4-9-5(7)10-11(4)3/h8H2,1-3H3. The van der Waals surface area contributed by atoms with Crippen molar-refractivity contribution in [3.8, 4) is 0 Å². The van der Waals surface area contributed by atoms with Crippen LogP contribution in [0.5, 0.6) is 0 Å². The molecule has 62 valence electrons. The Kier molecular flexibility index (Phi) is 1.90. The lowest BCUT2D eigenvalue weighted by molar-refractivity contribution is 0.481. The largest absolute Gasteiger partial charge is 0.319 e. The van der Waals surface area contributed by atoms with Gasteiger partial charge < -0.3 is 5.73 Å². The van der Waals surface area contributed by atoms with Crippen molar-refractivity contribution in [3.63, 3.8) is 0 Å². The number of nitrogens with two attached hydrogens (primary N) is 1. The first-order valence-corrected chi connectivity index (χ1v) is 3.65. The zero-order valence-electron chi connectivity index (χ0n) is 6.80. The highest BCUT2D eigenvalue weighted by Gasteiger charge is 2.20. The molecule has 0 spiro atoms. The molecule has 1 aromatic heterocycles. The minimum absolute atomic E-state index is 0.237. The number of aryl methyl sites for hydroxylation is 1. The second kappa shape index (κ2) is 2.46. The minimum Gasteiger partial charge on any atom is -0.319 e. The molecule has 0 aliphatic rings. The van der Waals surface area contributed by atoms with Crippen LogP contribution < -0.4 is 5.73 Å². The molecule has 1 heterocycles.